The first-order valence-electron chi connectivity index (χ1n) is 5.03. The summed E-state index contributed by atoms with van der Waals surface area (Å²) in [5.41, 5.74) is 0. The molecule has 0 heterocycles. The van der Waals surface area contributed by atoms with Crippen molar-refractivity contribution in [2.75, 3.05) is 25.6 Å². The Kier molecular flexibility index (Phi) is 9.24. The molecule has 0 aromatic carbocycles. The van der Waals surface area contributed by atoms with Crippen LogP contribution in [-0.4, -0.2) is 31.9 Å². The molecule has 0 aromatic rings. The Morgan fingerprint density at radius 1 is 1.00 bits per heavy atom. The third-order valence-electron chi connectivity index (χ3n) is 1.78. The monoisotopic (exact) mass is 247 g/mol. The van der Waals surface area contributed by atoms with E-state index in [2.05, 4.69) is 10.1 Å². The lowest BCUT2D eigenvalue weighted by molar-refractivity contribution is -0.323. The van der Waals surface area contributed by atoms with Crippen molar-refractivity contribution in [3.63, 3.8) is 0 Å². The van der Waals surface area contributed by atoms with Gasteiger partial charge in [0.15, 0.2) is 0 Å². The van der Waals surface area contributed by atoms with E-state index in [-0.39, 0.29) is 13.2 Å². The van der Waals surface area contributed by atoms with E-state index in [0.717, 1.165) is 32.2 Å². The molecular weight excluding hydrogens is 231 g/mol. The van der Waals surface area contributed by atoms with Gasteiger partial charge in [0, 0.05) is 12.4 Å². The molecule has 0 atom stereocenters. The summed E-state index contributed by atoms with van der Waals surface area (Å²) in [4.78, 5) is 0. The standard InChI is InChI=1S/C9H17ClF3NO/c10-5-3-1-2-4-6-14-7-8-15-9(11,12)13/h14H,1-8H2. The van der Waals surface area contributed by atoms with Gasteiger partial charge in [-0.05, 0) is 19.4 Å². The molecular formula is C9H17ClF3NO. The summed E-state index contributed by atoms with van der Waals surface area (Å²) in [5, 5.41) is 2.88. The Balaban J connectivity index is 2.99. The molecule has 0 saturated heterocycles. The predicted molar refractivity (Wildman–Crippen MR) is 54.1 cm³/mol. The zero-order chi connectivity index (χ0) is 11.6. The first-order chi connectivity index (χ1) is 7.06. The smallest absolute Gasteiger partial charge is 0.314 e. The van der Waals surface area contributed by atoms with Crippen molar-refractivity contribution in [3.05, 3.63) is 0 Å². The van der Waals surface area contributed by atoms with E-state index >= 15 is 0 Å². The maximum atomic E-state index is 11.5. The maximum absolute atomic E-state index is 11.5. The van der Waals surface area contributed by atoms with Crippen molar-refractivity contribution >= 4 is 11.6 Å². The molecule has 0 radical (unpaired) electrons. The first kappa shape index (κ1) is 15.0. The van der Waals surface area contributed by atoms with E-state index in [1.165, 1.54) is 0 Å². The third kappa shape index (κ3) is 14.0. The second-order valence-corrected chi connectivity index (χ2v) is 3.53. The van der Waals surface area contributed by atoms with Crippen molar-refractivity contribution < 1.29 is 17.9 Å². The van der Waals surface area contributed by atoms with E-state index in [1.807, 2.05) is 0 Å². The summed E-state index contributed by atoms with van der Waals surface area (Å²) in [5.74, 6) is 0.673. The van der Waals surface area contributed by atoms with Gasteiger partial charge in [0.25, 0.3) is 0 Å². The minimum atomic E-state index is -4.51. The lowest BCUT2D eigenvalue weighted by Crippen LogP contribution is -2.24. The quantitative estimate of drug-likeness (QED) is 0.500. The molecule has 0 saturated carbocycles. The summed E-state index contributed by atoms with van der Waals surface area (Å²) >= 11 is 5.49. The predicted octanol–water partition coefficient (Wildman–Crippen LogP) is 2.91. The molecule has 0 rings (SSSR count). The van der Waals surface area contributed by atoms with Crippen LogP contribution in [0.3, 0.4) is 0 Å². The van der Waals surface area contributed by atoms with Gasteiger partial charge in [0.1, 0.15) is 0 Å². The average Bonchev–Trinajstić information content (AvgIpc) is 2.14. The van der Waals surface area contributed by atoms with Gasteiger partial charge in [-0.3, -0.25) is 4.74 Å². The second-order valence-electron chi connectivity index (χ2n) is 3.15. The third-order valence-corrected chi connectivity index (χ3v) is 2.05. The Morgan fingerprint density at radius 2 is 1.67 bits per heavy atom. The van der Waals surface area contributed by atoms with E-state index in [0.29, 0.717) is 5.88 Å². The topological polar surface area (TPSA) is 21.3 Å². The summed E-state index contributed by atoms with van der Waals surface area (Å²) < 4.78 is 38.1. The molecule has 0 fully saturated rings. The van der Waals surface area contributed by atoms with Gasteiger partial charge in [-0.1, -0.05) is 12.8 Å². The Bertz CT molecular complexity index is 144. The highest BCUT2D eigenvalue weighted by Gasteiger charge is 2.28. The number of hydrogen-bond acceptors (Lipinski definition) is 2. The largest absolute Gasteiger partial charge is 0.522 e. The number of nitrogens with one attached hydrogen (secondary N) is 1. The molecule has 0 unspecified atom stereocenters. The Morgan fingerprint density at radius 3 is 2.27 bits per heavy atom. The lowest BCUT2D eigenvalue weighted by Gasteiger charge is -2.07. The fourth-order valence-corrected chi connectivity index (χ4v) is 1.25. The van der Waals surface area contributed by atoms with Crippen LogP contribution in [0.2, 0.25) is 0 Å². The van der Waals surface area contributed by atoms with Crippen LogP contribution in [0.1, 0.15) is 25.7 Å². The number of unbranched alkanes of at least 4 members (excludes halogenated alkanes) is 3. The van der Waals surface area contributed by atoms with Crippen LogP contribution < -0.4 is 5.32 Å². The molecule has 0 aromatic heterocycles. The highest BCUT2D eigenvalue weighted by molar-refractivity contribution is 6.17. The molecule has 0 aliphatic rings. The van der Waals surface area contributed by atoms with Gasteiger partial charge in [-0.25, -0.2) is 0 Å². The van der Waals surface area contributed by atoms with Crippen LogP contribution in [0, 0.1) is 0 Å². The molecule has 6 heteroatoms. The normalized spacial score (nSPS) is 12.0. The van der Waals surface area contributed by atoms with E-state index in [4.69, 9.17) is 11.6 Å². The Labute approximate surface area is 93.1 Å². The summed E-state index contributed by atoms with van der Waals surface area (Å²) in [7, 11) is 0. The summed E-state index contributed by atoms with van der Waals surface area (Å²) in [6, 6.07) is 0. The highest BCUT2D eigenvalue weighted by atomic mass is 35.5. The van der Waals surface area contributed by atoms with Gasteiger partial charge in [-0.15, -0.1) is 24.8 Å². The number of ether oxygens (including phenoxy) is 1. The van der Waals surface area contributed by atoms with Crippen LogP contribution in [-0.2, 0) is 4.74 Å². The maximum Gasteiger partial charge on any atom is 0.522 e. The average molecular weight is 248 g/mol. The minimum absolute atomic E-state index is 0.231. The molecule has 92 valence electrons. The van der Waals surface area contributed by atoms with Gasteiger partial charge < -0.3 is 5.32 Å². The highest BCUT2D eigenvalue weighted by Crippen LogP contribution is 2.15. The van der Waals surface area contributed by atoms with Crippen LogP contribution in [0.5, 0.6) is 0 Å². The number of halogens is 4. The fourth-order valence-electron chi connectivity index (χ4n) is 1.06. The molecule has 0 aliphatic heterocycles. The van der Waals surface area contributed by atoms with Crippen molar-refractivity contribution in [2.45, 2.75) is 32.0 Å². The summed E-state index contributed by atoms with van der Waals surface area (Å²) in [6.45, 7) is 0.629. The zero-order valence-electron chi connectivity index (χ0n) is 8.58. The van der Waals surface area contributed by atoms with Crippen LogP contribution in [0.4, 0.5) is 13.2 Å². The van der Waals surface area contributed by atoms with Gasteiger partial charge in [-0.2, -0.15) is 0 Å². The molecule has 0 bridgehead atoms. The first-order valence-corrected chi connectivity index (χ1v) is 5.57. The zero-order valence-corrected chi connectivity index (χ0v) is 9.33. The Hall–Kier alpha value is 0. The summed E-state index contributed by atoms with van der Waals surface area (Å²) in [6.07, 6.45) is -0.423. The lowest BCUT2D eigenvalue weighted by atomic mass is 10.2. The molecule has 0 aliphatic carbocycles. The molecule has 1 N–H and O–H groups in total. The molecule has 15 heavy (non-hydrogen) atoms. The van der Waals surface area contributed by atoms with E-state index in [9.17, 15) is 13.2 Å². The number of hydrogen-bond donors (Lipinski definition) is 1. The van der Waals surface area contributed by atoms with Gasteiger partial charge in [0.2, 0.25) is 0 Å². The van der Waals surface area contributed by atoms with Crippen molar-refractivity contribution in [1.29, 1.82) is 0 Å². The van der Waals surface area contributed by atoms with Crippen LogP contribution in [0.25, 0.3) is 0 Å². The number of alkyl halides is 4. The van der Waals surface area contributed by atoms with Crippen molar-refractivity contribution in [1.82, 2.24) is 5.32 Å². The minimum Gasteiger partial charge on any atom is -0.314 e. The van der Waals surface area contributed by atoms with E-state index < -0.39 is 6.36 Å². The molecule has 0 spiro atoms. The van der Waals surface area contributed by atoms with Gasteiger partial charge in [0.05, 0.1) is 6.61 Å². The molecule has 0 amide bonds. The SMILES string of the molecule is FC(F)(F)OCCNCCCCCCCl. The number of rotatable bonds is 9. The fraction of sp³-hybridized carbons (Fsp3) is 1.00. The van der Waals surface area contributed by atoms with Crippen LogP contribution in [0.15, 0.2) is 0 Å². The van der Waals surface area contributed by atoms with Gasteiger partial charge >= 0.3 is 6.36 Å². The van der Waals surface area contributed by atoms with Crippen LogP contribution >= 0.6 is 11.6 Å². The van der Waals surface area contributed by atoms with E-state index in [1.54, 1.807) is 0 Å². The van der Waals surface area contributed by atoms with Crippen molar-refractivity contribution in [3.8, 4) is 0 Å². The van der Waals surface area contributed by atoms with Crippen molar-refractivity contribution in [2.24, 2.45) is 0 Å². The second kappa shape index (κ2) is 9.24. The molecule has 2 nitrogen and oxygen atoms in total.